The third kappa shape index (κ3) is 3.70. The number of carboxylic acid groups (broad SMARTS) is 1. The molecule has 0 aliphatic carbocycles. The second-order valence-electron chi connectivity index (χ2n) is 3.16. The van der Waals surface area contributed by atoms with Crippen LogP contribution in [0.1, 0.15) is 26.7 Å². The van der Waals surface area contributed by atoms with Crippen LogP contribution in [0.2, 0.25) is 0 Å². The summed E-state index contributed by atoms with van der Waals surface area (Å²) in [6.45, 7) is 3.32. The van der Waals surface area contributed by atoms with Crippen molar-refractivity contribution in [2.75, 3.05) is 6.16 Å². The van der Waals surface area contributed by atoms with Gasteiger partial charge in [0.1, 0.15) is 6.16 Å². The zero-order valence-corrected chi connectivity index (χ0v) is 9.29. The Bertz CT molecular complexity index is 229. The molecule has 0 heterocycles. The summed E-state index contributed by atoms with van der Waals surface area (Å²) in [5.74, 6) is -1.81. The van der Waals surface area contributed by atoms with Gasteiger partial charge in [0.2, 0.25) is 5.45 Å². The minimum Gasteiger partial charge on any atom is -0.481 e. The van der Waals surface area contributed by atoms with E-state index in [1.54, 1.807) is 13.8 Å². The Morgan fingerprint density at radius 2 is 1.93 bits per heavy atom. The predicted octanol–water partition coefficient (Wildman–Crippen LogP) is 1.32. The van der Waals surface area contributed by atoms with Crippen LogP contribution in [0.5, 0.6) is 0 Å². The fourth-order valence-corrected chi connectivity index (χ4v) is 2.81. The summed E-state index contributed by atoms with van der Waals surface area (Å²) in [5, 5.41) is 16.0. The lowest BCUT2D eigenvalue weighted by atomic mass is 10.1. The molecule has 1 atom stereocenters. The predicted molar refractivity (Wildman–Crippen MR) is 55.7 cm³/mol. The van der Waals surface area contributed by atoms with Crippen molar-refractivity contribution in [3.05, 3.63) is 0 Å². The van der Waals surface area contributed by atoms with Gasteiger partial charge in [0, 0.05) is 6.42 Å². The van der Waals surface area contributed by atoms with Crippen molar-refractivity contribution in [3.63, 3.8) is 0 Å². The first-order valence-electron chi connectivity index (χ1n) is 4.49. The van der Waals surface area contributed by atoms with E-state index in [1.807, 2.05) is 0 Å². The molecule has 0 radical (unpaired) electrons. The van der Waals surface area contributed by atoms with Gasteiger partial charge in [0.25, 0.3) is 0 Å². The van der Waals surface area contributed by atoms with Crippen molar-refractivity contribution in [3.8, 4) is 0 Å². The standard InChI is InChI=1S/C8H16NO4P/c1-3-6(8(10)11)5-14(12,13)7(9)4-2/h6,9,12-13H,3-5H2,1-2H3/p+1. The third-order valence-corrected chi connectivity index (χ3v) is 4.21. The normalized spacial score (nSPS) is 13.7. The maximum absolute atomic E-state index is 10.6. The van der Waals surface area contributed by atoms with E-state index in [9.17, 15) is 14.6 Å². The van der Waals surface area contributed by atoms with Crippen LogP contribution in [0.15, 0.2) is 0 Å². The van der Waals surface area contributed by atoms with Crippen LogP contribution in [0.25, 0.3) is 0 Å². The maximum atomic E-state index is 10.6. The van der Waals surface area contributed by atoms with Gasteiger partial charge < -0.3 is 5.11 Å². The Kier molecular flexibility index (Phi) is 5.19. The number of hydrogen-bond donors (Lipinski definition) is 4. The van der Waals surface area contributed by atoms with Crippen LogP contribution in [0, 0.1) is 11.3 Å². The van der Waals surface area contributed by atoms with E-state index in [4.69, 9.17) is 10.5 Å². The van der Waals surface area contributed by atoms with Crippen LogP contribution in [0.3, 0.4) is 0 Å². The van der Waals surface area contributed by atoms with Crippen LogP contribution >= 0.6 is 7.72 Å². The molecule has 0 saturated carbocycles. The van der Waals surface area contributed by atoms with E-state index >= 15 is 0 Å². The monoisotopic (exact) mass is 222 g/mol. The lowest BCUT2D eigenvalue weighted by Gasteiger charge is -2.15. The van der Waals surface area contributed by atoms with Gasteiger partial charge in [-0.25, -0.2) is 9.79 Å². The van der Waals surface area contributed by atoms with Crippen molar-refractivity contribution >= 4 is 19.1 Å². The van der Waals surface area contributed by atoms with Crippen molar-refractivity contribution in [1.29, 1.82) is 5.41 Å². The molecule has 0 rings (SSSR count). The Hall–Kier alpha value is -0.510. The average molecular weight is 222 g/mol. The Balaban J connectivity index is 4.47. The van der Waals surface area contributed by atoms with E-state index in [1.165, 1.54) is 0 Å². The van der Waals surface area contributed by atoms with Gasteiger partial charge in [0.05, 0.1) is 5.92 Å². The van der Waals surface area contributed by atoms with Gasteiger partial charge in [-0.1, -0.05) is 13.8 Å². The number of aliphatic carboxylic acids is 1. The summed E-state index contributed by atoms with van der Waals surface area (Å²) in [5.41, 5.74) is -0.141. The lowest BCUT2D eigenvalue weighted by Crippen LogP contribution is -2.21. The second kappa shape index (κ2) is 5.39. The topological polar surface area (TPSA) is 102 Å². The SMILES string of the molecule is CCC(=N)[P+](O)(O)CC(CC)C(=O)O. The highest BCUT2D eigenvalue weighted by atomic mass is 31.2. The molecule has 0 aromatic rings. The summed E-state index contributed by atoms with van der Waals surface area (Å²) in [4.78, 5) is 29.7. The van der Waals surface area contributed by atoms with Gasteiger partial charge in [-0.05, 0) is 6.42 Å². The Morgan fingerprint density at radius 3 is 2.21 bits per heavy atom. The fourth-order valence-electron chi connectivity index (χ4n) is 1.05. The van der Waals surface area contributed by atoms with Crippen LogP contribution in [-0.2, 0) is 4.79 Å². The van der Waals surface area contributed by atoms with E-state index in [0.717, 1.165) is 0 Å². The fraction of sp³-hybridized carbons (Fsp3) is 0.750. The first kappa shape index (κ1) is 13.5. The zero-order chi connectivity index (χ0) is 11.4. The third-order valence-electron chi connectivity index (χ3n) is 2.08. The largest absolute Gasteiger partial charge is 0.481 e. The highest BCUT2D eigenvalue weighted by Crippen LogP contribution is 2.53. The summed E-state index contributed by atoms with van der Waals surface area (Å²) >= 11 is 0. The van der Waals surface area contributed by atoms with Crippen LogP contribution < -0.4 is 0 Å². The number of carboxylic acids is 1. The van der Waals surface area contributed by atoms with Gasteiger partial charge >= 0.3 is 13.7 Å². The van der Waals surface area contributed by atoms with E-state index in [-0.39, 0.29) is 18.0 Å². The van der Waals surface area contributed by atoms with Crippen molar-refractivity contribution in [1.82, 2.24) is 0 Å². The van der Waals surface area contributed by atoms with Crippen molar-refractivity contribution in [2.24, 2.45) is 5.92 Å². The smallest absolute Gasteiger partial charge is 0.314 e. The van der Waals surface area contributed by atoms with Gasteiger partial charge in [-0.2, -0.15) is 0 Å². The molecule has 4 N–H and O–H groups in total. The Labute approximate surface area is 83.8 Å². The summed E-state index contributed by atoms with van der Waals surface area (Å²) in [6.07, 6.45) is 0.373. The molecule has 82 valence electrons. The molecule has 0 spiro atoms. The molecule has 5 nitrogen and oxygen atoms in total. The van der Waals surface area contributed by atoms with Crippen LogP contribution in [0.4, 0.5) is 0 Å². The molecular weight excluding hydrogens is 205 g/mol. The molecule has 0 aromatic carbocycles. The summed E-state index contributed by atoms with van der Waals surface area (Å²) in [7, 11) is -3.46. The first-order valence-corrected chi connectivity index (χ1v) is 6.37. The molecule has 1 unspecified atom stereocenters. The minimum absolute atomic E-state index is 0.141. The molecule has 0 saturated heterocycles. The van der Waals surface area contributed by atoms with Gasteiger partial charge in [-0.3, -0.25) is 10.2 Å². The number of carbonyl (C=O) groups is 1. The first-order chi connectivity index (χ1) is 6.35. The molecule has 0 aliphatic rings. The van der Waals surface area contributed by atoms with Crippen molar-refractivity contribution < 1.29 is 19.7 Å². The number of nitrogens with one attached hydrogen (secondary N) is 1. The van der Waals surface area contributed by atoms with E-state index in [0.29, 0.717) is 6.42 Å². The van der Waals surface area contributed by atoms with E-state index in [2.05, 4.69) is 0 Å². The van der Waals surface area contributed by atoms with Gasteiger partial charge in [0.15, 0.2) is 0 Å². The molecule has 0 amide bonds. The number of hydrogen-bond acceptors (Lipinski definition) is 4. The quantitative estimate of drug-likeness (QED) is 0.402. The zero-order valence-electron chi connectivity index (χ0n) is 8.40. The molecule has 0 bridgehead atoms. The summed E-state index contributed by atoms with van der Waals surface area (Å²) < 4.78 is 0. The molecular formula is C8H17NO4P+. The van der Waals surface area contributed by atoms with Crippen LogP contribution in [-0.4, -0.2) is 32.5 Å². The number of rotatable bonds is 6. The van der Waals surface area contributed by atoms with Crippen molar-refractivity contribution in [2.45, 2.75) is 26.7 Å². The highest BCUT2D eigenvalue weighted by Gasteiger charge is 2.43. The molecule has 14 heavy (non-hydrogen) atoms. The second-order valence-corrected chi connectivity index (χ2v) is 5.52. The minimum atomic E-state index is -3.46. The summed E-state index contributed by atoms with van der Waals surface area (Å²) in [6, 6.07) is 0. The molecule has 0 fully saturated rings. The maximum Gasteiger partial charge on any atom is 0.314 e. The average Bonchev–Trinajstić information content (AvgIpc) is 2.12. The van der Waals surface area contributed by atoms with Gasteiger partial charge in [-0.15, -0.1) is 0 Å². The highest BCUT2D eigenvalue weighted by molar-refractivity contribution is 7.81. The lowest BCUT2D eigenvalue weighted by molar-refractivity contribution is -0.141. The molecule has 6 heteroatoms. The van der Waals surface area contributed by atoms with E-state index < -0.39 is 19.6 Å². The molecule has 0 aromatic heterocycles. The molecule has 0 aliphatic heterocycles. The Morgan fingerprint density at radius 1 is 1.43 bits per heavy atom.